The molecule has 100 valence electrons. The molecule has 0 saturated carbocycles. The first-order chi connectivity index (χ1) is 9.06. The topological polar surface area (TPSA) is 62.5 Å². The van der Waals surface area contributed by atoms with Gasteiger partial charge < -0.3 is 14.8 Å². The summed E-state index contributed by atoms with van der Waals surface area (Å²) >= 11 is 0. The van der Waals surface area contributed by atoms with Gasteiger partial charge in [0.2, 0.25) is 5.76 Å². The van der Waals surface area contributed by atoms with Gasteiger partial charge in [0.05, 0.1) is 6.54 Å². The Kier molecular flexibility index (Phi) is 3.97. The maximum Gasteiger partial charge on any atom is 0.371 e. The van der Waals surface area contributed by atoms with E-state index in [2.05, 4.69) is 5.32 Å². The second-order valence-electron chi connectivity index (χ2n) is 4.23. The highest BCUT2D eigenvalue weighted by molar-refractivity contribution is 5.84. The molecular formula is C14H14FNO3. The SMILES string of the molecule is CC(NCc1ccc(C(=O)O)o1)c1cccc(F)c1. The minimum Gasteiger partial charge on any atom is -0.475 e. The van der Waals surface area contributed by atoms with Crippen LogP contribution in [0.1, 0.15) is 34.8 Å². The van der Waals surface area contributed by atoms with Crippen molar-refractivity contribution in [2.24, 2.45) is 0 Å². The molecule has 1 atom stereocenters. The van der Waals surface area contributed by atoms with Gasteiger partial charge in [0.1, 0.15) is 11.6 Å². The van der Waals surface area contributed by atoms with Crippen molar-refractivity contribution in [1.82, 2.24) is 5.32 Å². The minimum absolute atomic E-state index is 0.0610. The van der Waals surface area contributed by atoms with E-state index in [0.29, 0.717) is 12.3 Å². The molecule has 1 unspecified atom stereocenters. The van der Waals surface area contributed by atoms with Crippen molar-refractivity contribution in [3.05, 3.63) is 59.3 Å². The molecule has 1 heterocycles. The van der Waals surface area contributed by atoms with Crippen molar-refractivity contribution in [3.8, 4) is 0 Å². The lowest BCUT2D eigenvalue weighted by Gasteiger charge is -2.13. The number of carbonyl (C=O) groups is 1. The Morgan fingerprint density at radius 1 is 1.42 bits per heavy atom. The van der Waals surface area contributed by atoms with Gasteiger partial charge in [-0.1, -0.05) is 12.1 Å². The first kappa shape index (κ1) is 13.3. The van der Waals surface area contributed by atoms with Gasteiger partial charge in [0, 0.05) is 6.04 Å². The number of aromatic carboxylic acids is 1. The summed E-state index contributed by atoms with van der Waals surface area (Å²) in [5.74, 6) is -0.933. The Morgan fingerprint density at radius 3 is 2.84 bits per heavy atom. The summed E-state index contributed by atoms with van der Waals surface area (Å²) < 4.78 is 18.2. The lowest BCUT2D eigenvalue weighted by Crippen LogP contribution is -2.17. The number of hydrogen-bond donors (Lipinski definition) is 2. The molecule has 0 amide bonds. The van der Waals surface area contributed by atoms with Crippen molar-refractivity contribution >= 4 is 5.97 Å². The number of rotatable bonds is 5. The maximum atomic E-state index is 13.1. The first-order valence-electron chi connectivity index (χ1n) is 5.87. The molecule has 2 N–H and O–H groups in total. The molecule has 19 heavy (non-hydrogen) atoms. The zero-order chi connectivity index (χ0) is 13.8. The van der Waals surface area contributed by atoms with E-state index in [-0.39, 0.29) is 17.6 Å². The van der Waals surface area contributed by atoms with Crippen LogP contribution in [0.2, 0.25) is 0 Å². The van der Waals surface area contributed by atoms with Gasteiger partial charge >= 0.3 is 5.97 Å². The molecule has 1 aromatic carbocycles. The number of carboxylic acids is 1. The molecule has 0 fully saturated rings. The van der Waals surface area contributed by atoms with E-state index in [0.717, 1.165) is 5.56 Å². The van der Waals surface area contributed by atoms with Crippen LogP contribution in [0.3, 0.4) is 0 Å². The molecule has 2 rings (SSSR count). The Bertz CT molecular complexity index is 580. The van der Waals surface area contributed by atoms with E-state index in [1.807, 2.05) is 13.0 Å². The van der Waals surface area contributed by atoms with Gasteiger partial charge in [-0.05, 0) is 36.8 Å². The Hall–Kier alpha value is -2.14. The molecule has 0 spiro atoms. The lowest BCUT2D eigenvalue weighted by atomic mass is 10.1. The van der Waals surface area contributed by atoms with Crippen LogP contribution in [-0.4, -0.2) is 11.1 Å². The third kappa shape index (κ3) is 3.42. The molecule has 0 aliphatic carbocycles. The zero-order valence-electron chi connectivity index (χ0n) is 10.4. The van der Waals surface area contributed by atoms with E-state index < -0.39 is 5.97 Å². The molecule has 2 aromatic rings. The number of benzene rings is 1. The molecule has 4 nitrogen and oxygen atoms in total. The lowest BCUT2D eigenvalue weighted by molar-refractivity contribution is 0.0660. The van der Waals surface area contributed by atoms with Crippen LogP contribution in [0, 0.1) is 5.82 Å². The van der Waals surface area contributed by atoms with Gasteiger partial charge in [-0.3, -0.25) is 0 Å². The number of halogens is 1. The summed E-state index contributed by atoms with van der Waals surface area (Å²) in [5.41, 5.74) is 0.824. The van der Waals surface area contributed by atoms with Crippen molar-refractivity contribution in [1.29, 1.82) is 0 Å². The number of furan rings is 1. The second-order valence-corrected chi connectivity index (χ2v) is 4.23. The van der Waals surface area contributed by atoms with Crippen LogP contribution < -0.4 is 5.32 Å². The summed E-state index contributed by atoms with van der Waals surface area (Å²) in [5, 5.41) is 11.9. The van der Waals surface area contributed by atoms with Crippen LogP contribution in [0.15, 0.2) is 40.8 Å². The Morgan fingerprint density at radius 2 is 2.21 bits per heavy atom. The summed E-state index contributed by atoms with van der Waals surface area (Å²) in [6, 6.07) is 9.28. The van der Waals surface area contributed by atoms with E-state index in [4.69, 9.17) is 9.52 Å². The fourth-order valence-electron chi connectivity index (χ4n) is 1.74. The monoisotopic (exact) mass is 263 g/mol. The van der Waals surface area contributed by atoms with Gasteiger partial charge in [-0.2, -0.15) is 0 Å². The van der Waals surface area contributed by atoms with Gasteiger partial charge in [0.25, 0.3) is 0 Å². The predicted molar refractivity (Wildman–Crippen MR) is 67.3 cm³/mol. The van der Waals surface area contributed by atoms with Crippen molar-refractivity contribution < 1.29 is 18.7 Å². The van der Waals surface area contributed by atoms with Crippen LogP contribution in [0.5, 0.6) is 0 Å². The smallest absolute Gasteiger partial charge is 0.371 e. The average Bonchev–Trinajstić information content (AvgIpc) is 2.85. The van der Waals surface area contributed by atoms with E-state index in [9.17, 15) is 9.18 Å². The van der Waals surface area contributed by atoms with Gasteiger partial charge in [-0.25, -0.2) is 9.18 Å². The molecule has 0 bridgehead atoms. The Labute approximate surface area is 109 Å². The fraction of sp³-hybridized carbons (Fsp3) is 0.214. The number of hydrogen-bond acceptors (Lipinski definition) is 3. The van der Waals surface area contributed by atoms with Gasteiger partial charge in [-0.15, -0.1) is 0 Å². The summed E-state index contributed by atoms with van der Waals surface area (Å²) in [4.78, 5) is 10.7. The molecule has 0 aliphatic heterocycles. The molecule has 0 saturated heterocycles. The number of nitrogens with one attached hydrogen (secondary N) is 1. The highest BCUT2D eigenvalue weighted by atomic mass is 19.1. The van der Waals surface area contributed by atoms with Crippen LogP contribution >= 0.6 is 0 Å². The highest BCUT2D eigenvalue weighted by Gasteiger charge is 2.10. The molecule has 1 aromatic heterocycles. The number of carboxylic acid groups (broad SMARTS) is 1. The molecule has 0 radical (unpaired) electrons. The maximum absolute atomic E-state index is 13.1. The fourth-order valence-corrected chi connectivity index (χ4v) is 1.74. The van der Waals surface area contributed by atoms with E-state index in [1.165, 1.54) is 18.2 Å². The minimum atomic E-state index is -1.09. The standard InChI is InChI=1S/C14H14FNO3/c1-9(10-3-2-4-11(15)7-10)16-8-12-5-6-13(19-12)14(17)18/h2-7,9,16H,8H2,1H3,(H,17,18). The zero-order valence-corrected chi connectivity index (χ0v) is 10.4. The largest absolute Gasteiger partial charge is 0.475 e. The molecule has 5 heteroatoms. The summed E-state index contributed by atoms with van der Waals surface area (Å²) in [6.07, 6.45) is 0. The van der Waals surface area contributed by atoms with Crippen LogP contribution in [-0.2, 0) is 6.54 Å². The van der Waals surface area contributed by atoms with Crippen molar-refractivity contribution in [2.45, 2.75) is 19.5 Å². The van der Waals surface area contributed by atoms with E-state index >= 15 is 0 Å². The third-order valence-electron chi connectivity index (χ3n) is 2.80. The third-order valence-corrected chi connectivity index (χ3v) is 2.80. The Balaban J connectivity index is 1.96. The second kappa shape index (κ2) is 5.67. The quantitative estimate of drug-likeness (QED) is 0.870. The van der Waals surface area contributed by atoms with Crippen molar-refractivity contribution in [3.63, 3.8) is 0 Å². The summed E-state index contributed by atoms with van der Waals surface area (Å²) in [7, 11) is 0. The molecule has 0 aliphatic rings. The molecular weight excluding hydrogens is 249 g/mol. The van der Waals surface area contributed by atoms with Crippen molar-refractivity contribution in [2.75, 3.05) is 0 Å². The normalized spacial score (nSPS) is 12.3. The highest BCUT2D eigenvalue weighted by Crippen LogP contribution is 2.15. The predicted octanol–water partition coefficient (Wildman–Crippen LogP) is 2.97. The average molecular weight is 263 g/mol. The van der Waals surface area contributed by atoms with Gasteiger partial charge in [0.15, 0.2) is 0 Å². The van der Waals surface area contributed by atoms with Crippen LogP contribution in [0.25, 0.3) is 0 Å². The summed E-state index contributed by atoms with van der Waals surface area (Å²) in [6.45, 7) is 2.28. The van der Waals surface area contributed by atoms with Crippen LogP contribution in [0.4, 0.5) is 4.39 Å². The van der Waals surface area contributed by atoms with E-state index in [1.54, 1.807) is 12.1 Å². The first-order valence-corrected chi connectivity index (χ1v) is 5.87.